The van der Waals surface area contributed by atoms with Gasteiger partial charge in [0.15, 0.2) is 0 Å². The molecule has 1 saturated carbocycles. The molecule has 2 heterocycles. The zero-order valence-electron chi connectivity index (χ0n) is 12.4. The Morgan fingerprint density at radius 1 is 1.20 bits per heavy atom. The van der Waals surface area contributed by atoms with E-state index in [1.54, 1.807) is 0 Å². The standard InChI is InChI=1S/C16H24N4/c1-19-14(13-6-7-13)17-18-15(19)20-11-5-10-16(12-20)8-3-2-4-9-16/h2-3,13H,4-12H2,1H3. The first-order chi connectivity index (χ1) is 9.77. The van der Waals surface area contributed by atoms with E-state index >= 15 is 0 Å². The minimum atomic E-state index is 0.499. The number of aromatic nitrogens is 3. The summed E-state index contributed by atoms with van der Waals surface area (Å²) in [4.78, 5) is 2.49. The first-order valence-electron chi connectivity index (χ1n) is 8.07. The third kappa shape index (κ3) is 2.05. The minimum Gasteiger partial charge on any atom is -0.340 e. The molecule has 2 aliphatic carbocycles. The van der Waals surface area contributed by atoms with Gasteiger partial charge in [-0.3, -0.25) is 0 Å². The SMILES string of the molecule is Cn1c(C2CC2)nnc1N1CCCC2(CC=CCC2)C1. The van der Waals surface area contributed by atoms with Crippen LogP contribution < -0.4 is 4.90 Å². The summed E-state index contributed by atoms with van der Waals surface area (Å²) in [5, 5.41) is 8.94. The number of anilines is 1. The van der Waals surface area contributed by atoms with Gasteiger partial charge in [0.2, 0.25) is 5.95 Å². The van der Waals surface area contributed by atoms with Gasteiger partial charge in [0, 0.05) is 26.1 Å². The molecule has 1 saturated heterocycles. The molecule has 2 fully saturated rings. The Balaban J connectivity index is 1.57. The van der Waals surface area contributed by atoms with Gasteiger partial charge in [-0.05, 0) is 50.4 Å². The lowest BCUT2D eigenvalue weighted by atomic mass is 9.71. The lowest BCUT2D eigenvalue weighted by Gasteiger charge is -2.44. The highest BCUT2D eigenvalue weighted by Crippen LogP contribution is 2.43. The van der Waals surface area contributed by atoms with Crippen molar-refractivity contribution in [1.29, 1.82) is 0 Å². The van der Waals surface area contributed by atoms with Crippen molar-refractivity contribution in [3.05, 3.63) is 18.0 Å². The van der Waals surface area contributed by atoms with Crippen molar-refractivity contribution in [2.45, 2.75) is 50.9 Å². The van der Waals surface area contributed by atoms with Gasteiger partial charge >= 0.3 is 0 Å². The van der Waals surface area contributed by atoms with Crippen molar-refractivity contribution < 1.29 is 0 Å². The van der Waals surface area contributed by atoms with Crippen LogP contribution >= 0.6 is 0 Å². The van der Waals surface area contributed by atoms with Gasteiger partial charge in [-0.15, -0.1) is 10.2 Å². The predicted octanol–water partition coefficient (Wildman–Crippen LogP) is 3.02. The smallest absolute Gasteiger partial charge is 0.226 e. The Morgan fingerprint density at radius 2 is 2.10 bits per heavy atom. The van der Waals surface area contributed by atoms with E-state index < -0.39 is 0 Å². The van der Waals surface area contributed by atoms with Crippen LogP contribution in [0.15, 0.2) is 12.2 Å². The third-order valence-corrected chi connectivity index (χ3v) is 5.33. The fraction of sp³-hybridized carbons (Fsp3) is 0.750. The van der Waals surface area contributed by atoms with Crippen molar-refractivity contribution in [3.8, 4) is 0 Å². The van der Waals surface area contributed by atoms with Gasteiger partial charge in [0.1, 0.15) is 5.82 Å². The molecule has 0 amide bonds. The highest BCUT2D eigenvalue weighted by Gasteiger charge is 2.37. The summed E-state index contributed by atoms with van der Waals surface area (Å²) < 4.78 is 2.25. The van der Waals surface area contributed by atoms with E-state index in [0.29, 0.717) is 11.3 Å². The Kier molecular flexibility index (Phi) is 2.86. The summed E-state index contributed by atoms with van der Waals surface area (Å²) in [5.41, 5.74) is 0.499. The van der Waals surface area contributed by atoms with Crippen LogP contribution in [0.25, 0.3) is 0 Å². The van der Waals surface area contributed by atoms with E-state index in [1.165, 1.54) is 50.8 Å². The molecule has 108 valence electrons. The normalized spacial score (nSPS) is 30.1. The van der Waals surface area contributed by atoms with Crippen molar-refractivity contribution in [3.63, 3.8) is 0 Å². The summed E-state index contributed by atoms with van der Waals surface area (Å²) in [5.74, 6) is 2.97. The van der Waals surface area contributed by atoms with E-state index in [4.69, 9.17) is 0 Å². The van der Waals surface area contributed by atoms with Crippen LogP contribution in [-0.2, 0) is 7.05 Å². The first-order valence-corrected chi connectivity index (χ1v) is 8.07. The molecule has 4 nitrogen and oxygen atoms in total. The maximum atomic E-state index is 4.50. The molecule has 1 unspecified atom stereocenters. The first kappa shape index (κ1) is 12.4. The van der Waals surface area contributed by atoms with Gasteiger partial charge in [0.25, 0.3) is 0 Å². The summed E-state index contributed by atoms with van der Waals surface area (Å²) in [6, 6.07) is 0. The molecular weight excluding hydrogens is 248 g/mol. The highest BCUT2D eigenvalue weighted by atomic mass is 15.4. The molecule has 1 aromatic heterocycles. The Hall–Kier alpha value is -1.32. The van der Waals surface area contributed by atoms with E-state index in [0.717, 1.165) is 19.0 Å². The molecule has 1 atom stereocenters. The van der Waals surface area contributed by atoms with Crippen LogP contribution in [0.4, 0.5) is 5.95 Å². The highest BCUT2D eigenvalue weighted by molar-refractivity contribution is 5.34. The average molecular weight is 272 g/mol. The molecule has 20 heavy (non-hydrogen) atoms. The molecule has 4 rings (SSSR count). The quantitative estimate of drug-likeness (QED) is 0.776. The van der Waals surface area contributed by atoms with Crippen LogP contribution in [0.5, 0.6) is 0 Å². The zero-order chi connectivity index (χ0) is 13.6. The average Bonchev–Trinajstić information content (AvgIpc) is 3.23. The number of allylic oxidation sites excluding steroid dienone is 2. The fourth-order valence-electron chi connectivity index (χ4n) is 4.00. The van der Waals surface area contributed by atoms with Crippen molar-refractivity contribution in [2.24, 2.45) is 12.5 Å². The van der Waals surface area contributed by atoms with Crippen LogP contribution in [0.3, 0.4) is 0 Å². The van der Waals surface area contributed by atoms with Gasteiger partial charge in [-0.25, -0.2) is 0 Å². The van der Waals surface area contributed by atoms with E-state index in [-0.39, 0.29) is 0 Å². The molecule has 1 aliphatic heterocycles. The molecule has 0 aromatic carbocycles. The molecule has 3 aliphatic rings. The maximum Gasteiger partial charge on any atom is 0.226 e. The lowest BCUT2D eigenvalue weighted by Crippen LogP contribution is -2.44. The van der Waals surface area contributed by atoms with E-state index in [9.17, 15) is 0 Å². The van der Waals surface area contributed by atoms with Gasteiger partial charge in [0.05, 0.1) is 0 Å². The number of hydrogen-bond donors (Lipinski definition) is 0. The minimum absolute atomic E-state index is 0.499. The second kappa shape index (κ2) is 4.61. The van der Waals surface area contributed by atoms with Crippen LogP contribution in [0.2, 0.25) is 0 Å². The maximum absolute atomic E-state index is 4.50. The van der Waals surface area contributed by atoms with Crippen molar-refractivity contribution >= 4 is 5.95 Å². The number of nitrogens with zero attached hydrogens (tertiary/aromatic N) is 4. The van der Waals surface area contributed by atoms with Crippen molar-refractivity contribution in [2.75, 3.05) is 18.0 Å². The van der Waals surface area contributed by atoms with Gasteiger partial charge < -0.3 is 9.47 Å². The molecule has 0 bridgehead atoms. The second-order valence-electron chi connectivity index (χ2n) is 6.93. The molecule has 0 N–H and O–H groups in total. The Labute approximate surface area is 120 Å². The number of piperidine rings is 1. The summed E-state index contributed by atoms with van der Waals surface area (Å²) in [7, 11) is 2.14. The molecule has 1 spiro atoms. The molecular formula is C16H24N4. The van der Waals surface area contributed by atoms with E-state index in [2.05, 4.69) is 38.9 Å². The number of hydrogen-bond acceptors (Lipinski definition) is 3. The van der Waals surface area contributed by atoms with Gasteiger partial charge in [-0.2, -0.15) is 0 Å². The van der Waals surface area contributed by atoms with E-state index in [1.807, 2.05) is 0 Å². The third-order valence-electron chi connectivity index (χ3n) is 5.33. The monoisotopic (exact) mass is 272 g/mol. The second-order valence-corrected chi connectivity index (χ2v) is 6.93. The largest absolute Gasteiger partial charge is 0.340 e. The Morgan fingerprint density at radius 3 is 2.85 bits per heavy atom. The lowest BCUT2D eigenvalue weighted by molar-refractivity contribution is 0.207. The van der Waals surface area contributed by atoms with Crippen LogP contribution in [0, 0.1) is 5.41 Å². The summed E-state index contributed by atoms with van der Waals surface area (Å²) in [6.07, 6.45) is 13.8. The van der Waals surface area contributed by atoms with Crippen LogP contribution in [0.1, 0.15) is 56.7 Å². The topological polar surface area (TPSA) is 34.0 Å². The number of rotatable bonds is 2. The fourth-order valence-corrected chi connectivity index (χ4v) is 4.00. The summed E-state index contributed by atoms with van der Waals surface area (Å²) >= 11 is 0. The van der Waals surface area contributed by atoms with Crippen molar-refractivity contribution in [1.82, 2.24) is 14.8 Å². The zero-order valence-corrected chi connectivity index (χ0v) is 12.4. The molecule has 0 radical (unpaired) electrons. The molecule has 1 aromatic rings. The Bertz CT molecular complexity index is 529. The predicted molar refractivity (Wildman–Crippen MR) is 79.8 cm³/mol. The molecule has 4 heteroatoms. The van der Waals surface area contributed by atoms with Gasteiger partial charge in [-0.1, -0.05) is 12.2 Å². The van der Waals surface area contributed by atoms with Crippen LogP contribution in [-0.4, -0.2) is 27.9 Å². The summed E-state index contributed by atoms with van der Waals surface area (Å²) in [6.45, 7) is 2.30.